The van der Waals surface area contributed by atoms with Crippen molar-refractivity contribution in [1.82, 2.24) is 9.88 Å². The largest absolute Gasteiger partial charge is 0.487 e. The summed E-state index contributed by atoms with van der Waals surface area (Å²) < 4.78 is 40.0. The maximum absolute atomic E-state index is 14.1. The number of pyridine rings is 1. The standard InChI is InChI=1S/C44H54FN3O8/c1-5-23-55-44-40(48(43(51)52-3)27-30-15-17-32(45)18-16-30)26-38(47-53-4)36-24-31(12-6-8-21-49)35(14-7-9-22-50)41(42(36)44)37-25-34(19-20-39(37)56-44)54-28-33-13-10-11-29(2)46-33/h5,10-11,13,15-20,24-25,31,35,40-42,49-50H,1,6-9,12,14,21-23,26-28H2,2-4H3. The molecule has 3 aromatic rings. The van der Waals surface area contributed by atoms with Crippen LogP contribution in [0.4, 0.5) is 9.18 Å². The van der Waals surface area contributed by atoms with E-state index in [1.165, 1.54) is 26.4 Å². The quantitative estimate of drug-likeness (QED) is 0.0761. The number of carbonyl (C=O) groups is 1. The summed E-state index contributed by atoms with van der Waals surface area (Å²) in [6.45, 7) is 6.58. The molecule has 300 valence electrons. The third-order valence-corrected chi connectivity index (χ3v) is 11.2. The third kappa shape index (κ3) is 8.77. The van der Waals surface area contributed by atoms with E-state index in [2.05, 4.69) is 22.8 Å². The average Bonchev–Trinajstić information content (AvgIpc) is 3.20. The lowest BCUT2D eigenvalue weighted by Gasteiger charge is -2.59. The van der Waals surface area contributed by atoms with Gasteiger partial charge in [0.15, 0.2) is 0 Å². The van der Waals surface area contributed by atoms with Gasteiger partial charge in [0.25, 0.3) is 0 Å². The van der Waals surface area contributed by atoms with Crippen molar-refractivity contribution in [2.24, 2.45) is 22.9 Å². The molecule has 3 aliphatic rings. The number of aliphatic hydroxyl groups excluding tert-OH is 2. The lowest BCUT2D eigenvalue weighted by atomic mass is 9.55. The van der Waals surface area contributed by atoms with E-state index in [1.54, 1.807) is 23.1 Å². The normalized spacial score (nSPS) is 24.3. The first-order chi connectivity index (χ1) is 27.3. The van der Waals surface area contributed by atoms with E-state index in [-0.39, 0.29) is 63.0 Å². The van der Waals surface area contributed by atoms with Gasteiger partial charge in [0, 0.05) is 43.4 Å². The first-order valence-electron chi connectivity index (χ1n) is 19.5. The van der Waals surface area contributed by atoms with Crippen LogP contribution >= 0.6 is 0 Å². The van der Waals surface area contributed by atoms with Crippen LogP contribution in [0.2, 0.25) is 0 Å². The highest BCUT2D eigenvalue weighted by molar-refractivity contribution is 6.02. The van der Waals surface area contributed by atoms with Crippen LogP contribution < -0.4 is 9.47 Å². The van der Waals surface area contributed by atoms with Crippen LogP contribution in [0.25, 0.3) is 0 Å². The number of benzene rings is 2. The molecular formula is C44H54FN3O8. The summed E-state index contributed by atoms with van der Waals surface area (Å²) in [4.78, 5) is 25.7. The van der Waals surface area contributed by atoms with Crippen molar-refractivity contribution >= 4 is 11.8 Å². The van der Waals surface area contributed by atoms with Crippen LogP contribution in [0.3, 0.4) is 0 Å². The highest BCUT2D eigenvalue weighted by Crippen LogP contribution is 2.62. The van der Waals surface area contributed by atoms with E-state index in [4.69, 9.17) is 23.8 Å². The number of aliphatic hydroxyl groups is 2. The molecule has 0 spiro atoms. The number of methoxy groups -OCH3 is 1. The first kappa shape index (κ1) is 40.9. The number of fused-ring (bicyclic) bond motifs is 2. The first-order valence-corrected chi connectivity index (χ1v) is 19.5. The number of halogens is 1. The predicted octanol–water partition coefficient (Wildman–Crippen LogP) is 7.64. The molecule has 6 atom stereocenters. The summed E-state index contributed by atoms with van der Waals surface area (Å²) >= 11 is 0. The summed E-state index contributed by atoms with van der Waals surface area (Å²) in [5.41, 5.74) is 4.91. The van der Waals surface area contributed by atoms with E-state index in [0.29, 0.717) is 35.6 Å². The number of oxime groups is 1. The minimum Gasteiger partial charge on any atom is -0.487 e. The molecule has 2 aliphatic carbocycles. The van der Waals surface area contributed by atoms with E-state index >= 15 is 0 Å². The Kier molecular flexibility index (Phi) is 13.8. The Morgan fingerprint density at radius 1 is 1.07 bits per heavy atom. The fourth-order valence-corrected chi connectivity index (χ4v) is 8.89. The van der Waals surface area contributed by atoms with Gasteiger partial charge < -0.3 is 34.0 Å². The van der Waals surface area contributed by atoms with Crippen LogP contribution in [0.5, 0.6) is 11.5 Å². The SMILES string of the molecule is C=CCOC12Oc3ccc(OCc4cccc(C)n4)cc3C3C(CCCCO)C(CCCCO)C=C(C(=NOC)CC1N(Cc1ccc(F)cc1)C(=O)OC)C32. The van der Waals surface area contributed by atoms with Crippen molar-refractivity contribution in [3.63, 3.8) is 0 Å². The maximum atomic E-state index is 14.1. The second kappa shape index (κ2) is 18.9. The van der Waals surface area contributed by atoms with Crippen molar-refractivity contribution in [3.05, 3.63) is 113 Å². The monoisotopic (exact) mass is 771 g/mol. The highest BCUT2D eigenvalue weighted by Gasteiger charge is 2.65. The van der Waals surface area contributed by atoms with Gasteiger partial charge in [-0.25, -0.2) is 9.18 Å². The molecule has 0 radical (unpaired) electrons. The summed E-state index contributed by atoms with van der Waals surface area (Å²) in [6, 6.07) is 16.9. The molecule has 1 amide bonds. The van der Waals surface area contributed by atoms with Crippen molar-refractivity contribution in [2.45, 2.75) is 82.8 Å². The molecule has 2 N–H and O–H groups in total. The number of nitrogens with zero attached hydrogens (tertiary/aromatic N) is 3. The summed E-state index contributed by atoms with van der Waals surface area (Å²) in [5.74, 6) is -1.19. The molecule has 2 heterocycles. The Hall–Kier alpha value is -4.78. The van der Waals surface area contributed by atoms with E-state index in [1.807, 2.05) is 43.3 Å². The van der Waals surface area contributed by atoms with E-state index in [9.17, 15) is 19.4 Å². The number of hydrogen-bond donors (Lipinski definition) is 2. The Morgan fingerprint density at radius 2 is 1.84 bits per heavy atom. The van der Waals surface area contributed by atoms with Crippen molar-refractivity contribution in [3.8, 4) is 11.5 Å². The molecule has 1 saturated carbocycles. The molecule has 2 aromatic carbocycles. The van der Waals surface area contributed by atoms with Gasteiger partial charge in [0.05, 0.1) is 31.0 Å². The molecule has 11 nitrogen and oxygen atoms in total. The Morgan fingerprint density at radius 3 is 2.54 bits per heavy atom. The average molecular weight is 772 g/mol. The van der Waals surface area contributed by atoms with Gasteiger partial charge in [0.2, 0.25) is 5.79 Å². The summed E-state index contributed by atoms with van der Waals surface area (Å²) in [6.07, 6.45) is 8.09. The molecular weight excluding hydrogens is 717 g/mol. The number of unbranched alkanes of at least 4 members (excludes halogenated alkanes) is 2. The van der Waals surface area contributed by atoms with Crippen molar-refractivity contribution < 1.29 is 43.2 Å². The predicted molar refractivity (Wildman–Crippen MR) is 210 cm³/mol. The lowest BCUT2D eigenvalue weighted by molar-refractivity contribution is -0.256. The number of allylic oxidation sites excluding steroid dienone is 1. The lowest BCUT2D eigenvalue weighted by Crippen LogP contribution is -2.70. The number of amides is 1. The number of ether oxygens (including phenoxy) is 4. The van der Waals surface area contributed by atoms with Gasteiger partial charge in [0.1, 0.15) is 37.1 Å². The van der Waals surface area contributed by atoms with Crippen LogP contribution in [0, 0.1) is 30.5 Å². The van der Waals surface area contributed by atoms with Gasteiger partial charge in [-0.2, -0.15) is 0 Å². The number of rotatable bonds is 18. The molecule has 12 heteroatoms. The number of hydrogen-bond acceptors (Lipinski definition) is 10. The second-order valence-corrected chi connectivity index (χ2v) is 14.7. The molecule has 1 aliphatic heterocycles. The zero-order valence-corrected chi connectivity index (χ0v) is 32.6. The Balaban J connectivity index is 1.55. The fourth-order valence-electron chi connectivity index (χ4n) is 8.89. The molecule has 6 rings (SSSR count). The van der Waals surface area contributed by atoms with Crippen molar-refractivity contribution in [2.75, 3.05) is 34.0 Å². The molecule has 0 saturated heterocycles. The number of carbonyl (C=O) groups excluding carboxylic acids is 1. The summed E-state index contributed by atoms with van der Waals surface area (Å²) in [7, 11) is 2.84. The molecule has 56 heavy (non-hydrogen) atoms. The Labute approximate surface area is 328 Å². The van der Waals surface area contributed by atoms with Crippen LogP contribution in [0.15, 0.2) is 90.1 Å². The van der Waals surface area contributed by atoms with Gasteiger partial charge in [-0.05, 0) is 98.0 Å². The smallest absolute Gasteiger partial charge is 0.410 e. The fraction of sp³-hybridized carbons (Fsp3) is 0.477. The van der Waals surface area contributed by atoms with E-state index < -0.39 is 23.8 Å². The zero-order valence-electron chi connectivity index (χ0n) is 32.6. The minimum atomic E-state index is -1.46. The summed E-state index contributed by atoms with van der Waals surface area (Å²) in [5, 5.41) is 24.3. The number of aryl methyl sites for hydroxylation is 1. The van der Waals surface area contributed by atoms with Gasteiger partial charge >= 0.3 is 6.09 Å². The van der Waals surface area contributed by atoms with Gasteiger partial charge in [-0.3, -0.25) is 9.88 Å². The highest BCUT2D eigenvalue weighted by atomic mass is 19.1. The van der Waals surface area contributed by atoms with Crippen LogP contribution in [-0.4, -0.2) is 77.8 Å². The molecule has 0 bridgehead atoms. The molecule has 6 unspecified atom stereocenters. The topological polar surface area (TPSA) is 132 Å². The van der Waals surface area contributed by atoms with E-state index in [0.717, 1.165) is 48.2 Å². The van der Waals surface area contributed by atoms with Gasteiger partial charge in [-0.1, -0.05) is 48.3 Å². The minimum absolute atomic E-state index is 0.0447. The van der Waals surface area contributed by atoms with Gasteiger partial charge in [-0.15, -0.1) is 6.58 Å². The van der Waals surface area contributed by atoms with Crippen LogP contribution in [-0.2, 0) is 27.5 Å². The maximum Gasteiger partial charge on any atom is 0.410 e. The third-order valence-electron chi connectivity index (χ3n) is 11.2. The second-order valence-electron chi connectivity index (χ2n) is 14.7. The van der Waals surface area contributed by atoms with Crippen molar-refractivity contribution in [1.29, 1.82) is 0 Å². The van der Waals surface area contributed by atoms with Crippen LogP contribution in [0.1, 0.15) is 73.4 Å². The Bertz CT molecular complexity index is 1870. The number of aromatic nitrogens is 1. The molecule has 1 fully saturated rings. The molecule has 1 aromatic heterocycles. The zero-order chi connectivity index (χ0) is 39.7.